The molecule has 2 rings (SSSR count). The van der Waals surface area contributed by atoms with E-state index in [-0.39, 0.29) is 6.42 Å². The molecule has 1 aliphatic carbocycles. The lowest BCUT2D eigenvalue weighted by molar-refractivity contribution is -0.115. The standard InChI is InChI=1S/C14H16O4/c15-12(10-4-2-1-3-5-10)13(16)11-6-8-14(17,18)9-7-11/h1-8,12-13,15-18H,9H2. The Morgan fingerprint density at radius 3 is 2.22 bits per heavy atom. The van der Waals surface area contributed by atoms with Gasteiger partial charge in [0.2, 0.25) is 0 Å². The van der Waals surface area contributed by atoms with Crippen molar-refractivity contribution in [3.63, 3.8) is 0 Å². The van der Waals surface area contributed by atoms with E-state index < -0.39 is 18.0 Å². The van der Waals surface area contributed by atoms with E-state index in [1.807, 2.05) is 6.07 Å². The molecule has 1 aliphatic rings. The minimum atomic E-state index is -1.86. The average molecular weight is 248 g/mol. The van der Waals surface area contributed by atoms with Crippen LogP contribution in [0.15, 0.2) is 54.1 Å². The molecule has 1 aromatic rings. The van der Waals surface area contributed by atoms with Gasteiger partial charge in [0.15, 0.2) is 5.79 Å². The van der Waals surface area contributed by atoms with Gasteiger partial charge in [0.1, 0.15) is 12.2 Å². The summed E-state index contributed by atoms with van der Waals surface area (Å²) in [5.41, 5.74) is 1.09. The van der Waals surface area contributed by atoms with Crippen molar-refractivity contribution >= 4 is 0 Å². The van der Waals surface area contributed by atoms with E-state index in [2.05, 4.69) is 0 Å². The van der Waals surface area contributed by atoms with E-state index in [1.165, 1.54) is 18.2 Å². The number of aliphatic hydroxyl groups excluding tert-OH is 2. The number of benzene rings is 1. The molecule has 2 unspecified atom stereocenters. The van der Waals surface area contributed by atoms with Crippen molar-refractivity contribution < 1.29 is 20.4 Å². The fraction of sp³-hybridized carbons (Fsp3) is 0.286. The molecular formula is C14H16O4. The maximum atomic E-state index is 10.0. The molecule has 18 heavy (non-hydrogen) atoms. The summed E-state index contributed by atoms with van der Waals surface area (Å²) in [6.07, 6.45) is 2.00. The summed E-state index contributed by atoms with van der Waals surface area (Å²) in [6.45, 7) is 0. The Labute approximate surface area is 105 Å². The predicted molar refractivity (Wildman–Crippen MR) is 66.4 cm³/mol. The molecule has 0 aliphatic heterocycles. The molecule has 0 amide bonds. The Kier molecular flexibility index (Phi) is 3.63. The van der Waals surface area contributed by atoms with E-state index in [1.54, 1.807) is 24.3 Å². The largest absolute Gasteiger partial charge is 0.385 e. The van der Waals surface area contributed by atoms with Gasteiger partial charge in [-0.1, -0.05) is 42.5 Å². The van der Waals surface area contributed by atoms with E-state index in [0.29, 0.717) is 11.1 Å². The van der Waals surface area contributed by atoms with Gasteiger partial charge in [0.05, 0.1) is 0 Å². The van der Waals surface area contributed by atoms with Crippen LogP contribution in [-0.4, -0.2) is 32.3 Å². The van der Waals surface area contributed by atoms with Crippen molar-refractivity contribution in [3.8, 4) is 0 Å². The van der Waals surface area contributed by atoms with Crippen molar-refractivity contribution in [1.29, 1.82) is 0 Å². The number of hydrogen-bond donors (Lipinski definition) is 4. The lowest BCUT2D eigenvalue weighted by Gasteiger charge is -2.25. The highest BCUT2D eigenvalue weighted by Crippen LogP contribution is 2.26. The van der Waals surface area contributed by atoms with Gasteiger partial charge in [-0.3, -0.25) is 0 Å². The third-order valence-electron chi connectivity index (χ3n) is 2.96. The van der Waals surface area contributed by atoms with Gasteiger partial charge in [-0.2, -0.15) is 0 Å². The van der Waals surface area contributed by atoms with Crippen LogP contribution in [0.4, 0.5) is 0 Å². The zero-order valence-corrected chi connectivity index (χ0v) is 9.77. The SMILES string of the molecule is OC(C1=CCC(O)(O)C=C1)C(O)c1ccccc1. The first-order valence-electron chi connectivity index (χ1n) is 5.75. The molecular weight excluding hydrogens is 232 g/mol. The quantitative estimate of drug-likeness (QED) is 0.592. The van der Waals surface area contributed by atoms with Crippen LogP contribution in [-0.2, 0) is 0 Å². The lowest BCUT2D eigenvalue weighted by atomic mass is 9.93. The first kappa shape index (κ1) is 13.0. The maximum Gasteiger partial charge on any atom is 0.186 e. The molecule has 4 N–H and O–H groups in total. The lowest BCUT2D eigenvalue weighted by Crippen LogP contribution is -2.28. The topological polar surface area (TPSA) is 80.9 Å². The molecule has 4 heteroatoms. The fourth-order valence-corrected chi connectivity index (χ4v) is 1.87. The van der Waals surface area contributed by atoms with Crippen LogP contribution < -0.4 is 0 Å². The molecule has 0 heterocycles. The van der Waals surface area contributed by atoms with E-state index in [4.69, 9.17) is 0 Å². The summed E-state index contributed by atoms with van der Waals surface area (Å²) in [7, 11) is 0. The second kappa shape index (κ2) is 5.04. The molecule has 1 aromatic carbocycles. The summed E-state index contributed by atoms with van der Waals surface area (Å²) in [5.74, 6) is -1.86. The Morgan fingerprint density at radius 1 is 1.00 bits per heavy atom. The Bertz CT molecular complexity index is 462. The number of aliphatic hydroxyl groups is 4. The Hall–Kier alpha value is -1.46. The Morgan fingerprint density at radius 2 is 1.67 bits per heavy atom. The summed E-state index contributed by atoms with van der Waals surface area (Å²) in [5, 5.41) is 38.7. The first-order chi connectivity index (χ1) is 8.49. The van der Waals surface area contributed by atoms with Gasteiger partial charge < -0.3 is 20.4 Å². The van der Waals surface area contributed by atoms with E-state index >= 15 is 0 Å². The molecule has 0 radical (unpaired) electrons. The van der Waals surface area contributed by atoms with Crippen LogP contribution >= 0.6 is 0 Å². The molecule has 2 atom stereocenters. The molecule has 4 nitrogen and oxygen atoms in total. The first-order valence-corrected chi connectivity index (χ1v) is 5.75. The summed E-state index contributed by atoms with van der Waals surface area (Å²) in [4.78, 5) is 0. The molecule has 0 bridgehead atoms. The number of rotatable bonds is 3. The van der Waals surface area contributed by atoms with Gasteiger partial charge in [-0.05, 0) is 17.2 Å². The van der Waals surface area contributed by atoms with Crippen LogP contribution in [0, 0.1) is 0 Å². The van der Waals surface area contributed by atoms with E-state index in [9.17, 15) is 20.4 Å². The third kappa shape index (κ3) is 2.86. The average Bonchev–Trinajstić information content (AvgIpc) is 2.38. The second-order valence-corrected chi connectivity index (χ2v) is 4.42. The number of hydrogen-bond acceptors (Lipinski definition) is 4. The van der Waals surface area contributed by atoms with Gasteiger partial charge in [-0.15, -0.1) is 0 Å². The summed E-state index contributed by atoms with van der Waals surface area (Å²) in [6, 6.07) is 8.84. The van der Waals surface area contributed by atoms with Crippen molar-refractivity contribution in [2.24, 2.45) is 0 Å². The van der Waals surface area contributed by atoms with Crippen LogP contribution in [0.2, 0.25) is 0 Å². The fourth-order valence-electron chi connectivity index (χ4n) is 1.87. The van der Waals surface area contributed by atoms with Crippen LogP contribution in [0.1, 0.15) is 18.1 Å². The second-order valence-electron chi connectivity index (χ2n) is 4.42. The van der Waals surface area contributed by atoms with Crippen LogP contribution in [0.5, 0.6) is 0 Å². The maximum absolute atomic E-state index is 10.0. The van der Waals surface area contributed by atoms with Gasteiger partial charge >= 0.3 is 0 Å². The molecule has 0 spiro atoms. The van der Waals surface area contributed by atoms with Gasteiger partial charge in [0, 0.05) is 6.42 Å². The van der Waals surface area contributed by atoms with Crippen LogP contribution in [0.3, 0.4) is 0 Å². The highest BCUT2D eigenvalue weighted by molar-refractivity contribution is 5.32. The smallest absolute Gasteiger partial charge is 0.186 e. The third-order valence-corrected chi connectivity index (χ3v) is 2.96. The normalized spacial score (nSPS) is 21.2. The van der Waals surface area contributed by atoms with Crippen LogP contribution in [0.25, 0.3) is 0 Å². The zero-order chi connectivity index (χ0) is 13.2. The minimum Gasteiger partial charge on any atom is -0.385 e. The molecule has 0 saturated heterocycles. The minimum absolute atomic E-state index is 0.00258. The van der Waals surface area contributed by atoms with Crippen molar-refractivity contribution in [2.75, 3.05) is 0 Å². The highest BCUT2D eigenvalue weighted by Gasteiger charge is 2.26. The highest BCUT2D eigenvalue weighted by atomic mass is 16.5. The summed E-state index contributed by atoms with van der Waals surface area (Å²) < 4.78 is 0. The van der Waals surface area contributed by atoms with E-state index in [0.717, 1.165) is 0 Å². The van der Waals surface area contributed by atoms with Gasteiger partial charge in [-0.25, -0.2) is 0 Å². The van der Waals surface area contributed by atoms with Crippen molar-refractivity contribution in [3.05, 3.63) is 59.7 Å². The Balaban J connectivity index is 2.12. The molecule has 96 valence electrons. The zero-order valence-electron chi connectivity index (χ0n) is 9.77. The molecule has 0 saturated carbocycles. The predicted octanol–water partition coefficient (Wildman–Crippen LogP) is 0.648. The monoisotopic (exact) mass is 248 g/mol. The van der Waals surface area contributed by atoms with Crippen molar-refractivity contribution in [2.45, 2.75) is 24.4 Å². The van der Waals surface area contributed by atoms with Crippen molar-refractivity contribution in [1.82, 2.24) is 0 Å². The molecule has 0 aromatic heterocycles. The molecule has 0 fully saturated rings. The summed E-state index contributed by atoms with van der Waals surface area (Å²) >= 11 is 0. The van der Waals surface area contributed by atoms with Gasteiger partial charge in [0.25, 0.3) is 0 Å².